The van der Waals surface area contributed by atoms with Crippen molar-refractivity contribution in [1.82, 2.24) is 10.2 Å². The van der Waals surface area contributed by atoms with Crippen molar-refractivity contribution < 1.29 is 9.53 Å². The van der Waals surface area contributed by atoms with E-state index in [4.69, 9.17) is 10.5 Å². The van der Waals surface area contributed by atoms with E-state index in [-0.39, 0.29) is 29.9 Å². The molecule has 1 atom stereocenters. The number of unbranched alkanes of at least 4 members (excludes halogenated alkanes) is 1. The van der Waals surface area contributed by atoms with Gasteiger partial charge in [0.25, 0.3) is 0 Å². The number of hydrogen-bond donors (Lipinski definition) is 2. The third kappa shape index (κ3) is 8.25. The monoisotopic (exact) mass is 474 g/mol. The second kappa shape index (κ2) is 12.8. The maximum absolute atomic E-state index is 11.1. The number of carbonyl (C=O) groups excluding carboxylic acids is 1. The number of hydrogen-bond acceptors (Lipinski definition) is 3. The average Bonchev–Trinajstić information content (AvgIpc) is 2.62. The van der Waals surface area contributed by atoms with Gasteiger partial charge in [0.05, 0.1) is 6.61 Å². The Morgan fingerprint density at radius 1 is 1.35 bits per heavy atom. The van der Waals surface area contributed by atoms with Crippen molar-refractivity contribution in [1.29, 1.82) is 0 Å². The molecular weight excluding hydrogens is 443 g/mol. The van der Waals surface area contributed by atoms with Crippen LogP contribution in [0.25, 0.3) is 0 Å². The molecule has 0 bridgehead atoms. The molecule has 6 nitrogen and oxygen atoms in total. The number of para-hydroxylation sites is 1. The number of piperidine rings is 1. The lowest BCUT2D eigenvalue weighted by molar-refractivity contribution is -0.119. The molecule has 7 heteroatoms. The van der Waals surface area contributed by atoms with Gasteiger partial charge in [0.1, 0.15) is 5.75 Å². The van der Waals surface area contributed by atoms with Gasteiger partial charge in [0, 0.05) is 33.1 Å². The second-order valence-corrected chi connectivity index (χ2v) is 6.47. The number of nitrogens with one attached hydrogen (secondary N) is 1. The molecule has 1 unspecified atom stereocenters. The molecule has 0 aliphatic carbocycles. The Hall–Kier alpha value is -1.51. The van der Waals surface area contributed by atoms with Gasteiger partial charge < -0.3 is 20.7 Å². The van der Waals surface area contributed by atoms with Gasteiger partial charge in [-0.05, 0) is 43.7 Å². The summed E-state index contributed by atoms with van der Waals surface area (Å²) in [6, 6.07) is 9.88. The zero-order chi connectivity index (χ0) is 17.9. The number of likely N-dealkylation sites (tertiary alicyclic amines) is 1. The smallest absolute Gasteiger partial charge is 0.217 e. The van der Waals surface area contributed by atoms with E-state index < -0.39 is 0 Å². The summed E-state index contributed by atoms with van der Waals surface area (Å²) in [5.74, 6) is 1.95. The van der Waals surface area contributed by atoms with Crippen molar-refractivity contribution in [2.45, 2.75) is 32.1 Å². The van der Waals surface area contributed by atoms with Gasteiger partial charge in [-0.25, -0.2) is 0 Å². The van der Waals surface area contributed by atoms with Crippen LogP contribution in [0.5, 0.6) is 5.75 Å². The molecule has 1 aromatic rings. The number of primary amides is 1. The van der Waals surface area contributed by atoms with Gasteiger partial charge in [-0.2, -0.15) is 0 Å². The summed E-state index contributed by atoms with van der Waals surface area (Å²) in [6.07, 6.45) is 4.61. The molecule has 1 aliphatic rings. The van der Waals surface area contributed by atoms with Crippen molar-refractivity contribution in [3.05, 3.63) is 30.3 Å². The first-order chi connectivity index (χ1) is 12.2. The summed E-state index contributed by atoms with van der Waals surface area (Å²) in [5.41, 5.74) is 5.33. The van der Waals surface area contributed by atoms with Gasteiger partial charge >= 0.3 is 0 Å². The van der Waals surface area contributed by atoms with Gasteiger partial charge in [0.2, 0.25) is 5.91 Å². The molecule has 2 rings (SSSR count). The third-order valence-corrected chi connectivity index (χ3v) is 4.39. The first-order valence-electron chi connectivity index (χ1n) is 9.11. The number of nitrogens with zero attached hydrogens (tertiary/aromatic N) is 2. The van der Waals surface area contributed by atoms with Crippen molar-refractivity contribution in [3.8, 4) is 5.75 Å². The third-order valence-electron chi connectivity index (χ3n) is 4.39. The van der Waals surface area contributed by atoms with E-state index in [1.165, 1.54) is 0 Å². The molecule has 1 aliphatic heterocycles. The van der Waals surface area contributed by atoms with Crippen LogP contribution in [0.1, 0.15) is 32.1 Å². The van der Waals surface area contributed by atoms with Gasteiger partial charge in [0.15, 0.2) is 5.96 Å². The van der Waals surface area contributed by atoms with Gasteiger partial charge in [-0.15, -0.1) is 24.0 Å². The Kier molecular flexibility index (Phi) is 11.1. The Labute approximate surface area is 173 Å². The number of ether oxygens (including phenoxy) is 1. The molecule has 0 radical (unpaired) electrons. The van der Waals surface area contributed by atoms with E-state index in [2.05, 4.69) is 15.2 Å². The molecule has 1 saturated heterocycles. The molecule has 0 aromatic heterocycles. The van der Waals surface area contributed by atoms with Crippen LogP contribution in [-0.2, 0) is 4.79 Å². The summed E-state index contributed by atoms with van der Waals surface area (Å²) in [7, 11) is 1.80. The van der Waals surface area contributed by atoms with Crippen LogP contribution in [0, 0.1) is 5.92 Å². The number of benzene rings is 1. The van der Waals surface area contributed by atoms with E-state index in [1.807, 2.05) is 30.3 Å². The highest BCUT2D eigenvalue weighted by atomic mass is 127. The van der Waals surface area contributed by atoms with Crippen LogP contribution in [0.2, 0.25) is 0 Å². The lowest BCUT2D eigenvalue weighted by Crippen LogP contribution is -2.47. The standard InChI is InChI=1S/C19H30N4O2.HI/c1-21-19(23-12-7-8-16(15-23)14-18(20)24)22-11-5-6-13-25-17-9-3-2-4-10-17;/h2-4,9-10,16H,5-8,11-15H2,1H3,(H2,20,24)(H,21,22);1H. The summed E-state index contributed by atoms with van der Waals surface area (Å²) < 4.78 is 5.69. The molecule has 26 heavy (non-hydrogen) atoms. The number of nitrogens with two attached hydrogens (primary N) is 1. The number of halogens is 1. The average molecular weight is 474 g/mol. The lowest BCUT2D eigenvalue weighted by Gasteiger charge is -2.34. The molecule has 1 fully saturated rings. The molecular formula is C19H31IN4O2. The molecule has 146 valence electrons. The first kappa shape index (κ1) is 22.5. The summed E-state index contributed by atoms with van der Waals surface area (Å²) >= 11 is 0. The molecule has 0 saturated carbocycles. The molecule has 1 aromatic carbocycles. The number of guanidine groups is 1. The SMILES string of the molecule is CN=C(NCCCCOc1ccccc1)N1CCCC(CC(N)=O)C1.I. The Bertz CT molecular complexity index is 554. The highest BCUT2D eigenvalue weighted by Crippen LogP contribution is 2.19. The number of rotatable bonds is 8. The number of aliphatic imine (C=N–C) groups is 1. The highest BCUT2D eigenvalue weighted by molar-refractivity contribution is 14.0. The molecule has 0 spiro atoms. The fourth-order valence-corrected chi connectivity index (χ4v) is 3.17. The number of carbonyl (C=O) groups is 1. The Morgan fingerprint density at radius 2 is 2.12 bits per heavy atom. The van der Waals surface area contributed by atoms with E-state index >= 15 is 0 Å². The molecule has 1 amide bonds. The minimum atomic E-state index is -0.215. The molecule has 3 N–H and O–H groups in total. The van der Waals surface area contributed by atoms with Crippen LogP contribution in [0.4, 0.5) is 0 Å². The molecule has 1 heterocycles. The minimum absolute atomic E-state index is 0. The second-order valence-electron chi connectivity index (χ2n) is 6.47. The first-order valence-corrected chi connectivity index (χ1v) is 9.11. The lowest BCUT2D eigenvalue weighted by atomic mass is 9.95. The van der Waals surface area contributed by atoms with Crippen LogP contribution < -0.4 is 15.8 Å². The zero-order valence-corrected chi connectivity index (χ0v) is 17.9. The van der Waals surface area contributed by atoms with E-state index in [0.29, 0.717) is 18.9 Å². The predicted molar refractivity (Wildman–Crippen MR) is 116 cm³/mol. The summed E-state index contributed by atoms with van der Waals surface area (Å²) in [4.78, 5) is 17.7. The van der Waals surface area contributed by atoms with Crippen LogP contribution in [0.3, 0.4) is 0 Å². The summed E-state index contributed by atoms with van der Waals surface area (Å²) in [5, 5.41) is 3.42. The van der Waals surface area contributed by atoms with Crippen molar-refractivity contribution in [2.75, 3.05) is 33.3 Å². The van der Waals surface area contributed by atoms with Crippen LogP contribution in [0.15, 0.2) is 35.3 Å². The topological polar surface area (TPSA) is 80.0 Å². The summed E-state index contributed by atoms with van der Waals surface area (Å²) in [6.45, 7) is 3.41. The van der Waals surface area contributed by atoms with E-state index in [1.54, 1.807) is 7.05 Å². The minimum Gasteiger partial charge on any atom is -0.494 e. The zero-order valence-electron chi connectivity index (χ0n) is 15.5. The normalized spacial score (nSPS) is 17.3. The van der Waals surface area contributed by atoms with Crippen molar-refractivity contribution in [2.24, 2.45) is 16.6 Å². The highest BCUT2D eigenvalue weighted by Gasteiger charge is 2.23. The number of amides is 1. The quantitative estimate of drug-likeness (QED) is 0.263. The fraction of sp³-hybridized carbons (Fsp3) is 0.579. The Morgan fingerprint density at radius 3 is 2.81 bits per heavy atom. The largest absolute Gasteiger partial charge is 0.494 e. The van der Waals surface area contributed by atoms with Crippen molar-refractivity contribution >= 4 is 35.8 Å². The van der Waals surface area contributed by atoms with Crippen molar-refractivity contribution in [3.63, 3.8) is 0 Å². The van der Waals surface area contributed by atoms with E-state index in [9.17, 15) is 4.79 Å². The van der Waals surface area contributed by atoms with E-state index in [0.717, 1.165) is 57.0 Å². The predicted octanol–water partition coefficient (Wildman–Crippen LogP) is 2.63. The maximum atomic E-state index is 11.1. The van der Waals surface area contributed by atoms with Crippen LogP contribution >= 0.6 is 24.0 Å². The van der Waals surface area contributed by atoms with Gasteiger partial charge in [-0.3, -0.25) is 9.79 Å². The maximum Gasteiger partial charge on any atom is 0.217 e. The fourth-order valence-electron chi connectivity index (χ4n) is 3.17. The van der Waals surface area contributed by atoms with Crippen LogP contribution in [-0.4, -0.2) is 50.1 Å². The Balaban J connectivity index is 0.00000338. The van der Waals surface area contributed by atoms with Gasteiger partial charge in [-0.1, -0.05) is 18.2 Å².